The zero-order valence-electron chi connectivity index (χ0n) is 8.12. The van der Waals surface area contributed by atoms with Gasteiger partial charge in [0.2, 0.25) is 0 Å². The van der Waals surface area contributed by atoms with Gasteiger partial charge in [-0.15, -0.1) is 11.3 Å². The van der Waals surface area contributed by atoms with E-state index in [9.17, 15) is 18.3 Å². The van der Waals surface area contributed by atoms with Crippen LogP contribution in [0.5, 0.6) is 5.75 Å². The van der Waals surface area contributed by atoms with Crippen LogP contribution in [0.2, 0.25) is 5.02 Å². The minimum atomic E-state index is -4.44. The first-order chi connectivity index (χ1) is 7.88. The van der Waals surface area contributed by atoms with E-state index in [1.807, 2.05) is 0 Å². The van der Waals surface area contributed by atoms with Crippen LogP contribution in [-0.4, -0.2) is 10.1 Å². The van der Waals surface area contributed by atoms with Crippen LogP contribution in [0.25, 0.3) is 10.4 Å². The van der Waals surface area contributed by atoms with Crippen molar-refractivity contribution < 1.29 is 18.3 Å². The van der Waals surface area contributed by atoms with Crippen LogP contribution in [-0.2, 0) is 6.18 Å². The van der Waals surface area contributed by atoms with Crippen molar-refractivity contribution in [3.63, 3.8) is 0 Å². The van der Waals surface area contributed by atoms with Crippen LogP contribution in [0.3, 0.4) is 0 Å². The molecule has 0 atom stereocenters. The number of halogens is 4. The molecule has 0 radical (unpaired) electrons. The zero-order chi connectivity index (χ0) is 12.6. The van der Waals surface area contributed by atoms with Crippen LogP contribution in [0.4, 0.5) is 13.2 Å². The molecule has 0 unspecified atom stereocenters. The van der Waals surface area contributed by atoms with Crippen molar-refractivity contribution in [1.82, 2.24) is 4.98 Å². The fraction of sp³-hybridized carbons (Fsp3) is 0.100. The van der Waals surface area contributed by atoms with Crippen LogP contribution < -0.4 is 0 Å². The second kappa shape index (κ2) is 4.19. The topological polar surface area (TPSA) is 33.1 Å². The summed E-state index contributed by atoms with van der Waals surface area (Å²) >= 11 is 6.20. The van der Waals surface area contributed by atoms with Gasteiger partial charge >= 0.3 is 6.18 Å². The summed E-state index contributed by atoms with van der Waals surface area (Å²) in [5.74, 6) is -0.115. The van der Waals surface area contributed by atoms with Crippen LogP contribution >= 0.6 is 22.9 Å². The van der Waals surface area contributed by atoms with E-state index in [2.05, 4.69) is 4.98 Å². The first-order valence-corrected chi connectivity index (χ1v) is 5.59. The monoisotopic (exact) mass is 279 g/mol. The van der Waals surface area contributed by atoms with Gasteiger partial charge in [0, 0.05) is 6.20 Å². The maximum Gasteiger partial charge on any atom is 0.443 e. The minimum Gasteiger partial charge on any atom is -0.506 e. The third-order valence-electron chi connectivity index (χ3n) is 1.98. The summed E-state index contributed by atoms with van der Waals surface area (Å²) in [5.41, 5.74) is 0.487. The lowest BCUT2D eigenvalue weighted by atomic mass is 10.2. The van der Waals surface area contributed by atoms with Gasteiger partial charge < -0.3 is 5.11 Å². The molecule has 1 N–H and O–H groups in total. The maximum atomic E-state index is 12.3. The highest BCUT2D eigenvalue weighted by Crippen LogP contribution is 2.37. The van der Waals surface area contributed by atoms with E-state index in [0.717, 1.165) is 6.20 Å². The first-order valence-electron chi connectivity index (χ1n) is 4.40. The summed E-state index contributed by atoms with van der Waals surface area (Å²) in [4.78, 5) is 3.65. The molecule has 17 heavy (non-hydrogen) atoms. The molecule has 1 heterocycles. The van der Waals surface area contributed by atoms with Gasteiger partial charge in [-0.1, -0.05) is 11.6 Å². The molecule has 1 aromatic heterocycles. The average Bonchev–Trinajstić information content (AvgIpc) is 2.70. The van der Waals surface area contributed by atoms with Gasteiger partial charge in [0.1, 0.15) is 5.75 Å². The molecule has 0 aliphatic carbocycles. The summed E-state index contributed by atoms with van der Waals surface area (Å²) in [7, 11) is 0. The van der Waals surface area contributed by atoms with E-state index in [1.165, 1.54) is 18.2 Å². The molecule has 0 saturated heterocycles. The molecule has 0 bridgehead atoms. The summed E-state index contributed by atoms with van der Waals surface area (Å²) in [6.45, 7) is 0. The Kier molecular flexibility index (Phi) is 3.01. The van der Waals surface area contributed by atoms with Gasteiger partial charge in [0.25, 0.3) is 0 Å². The fourth-order valence-corrected chi connectivity index (χ4v) is 2.16. The van der Waals surface area contributed by atoms with Gasteiger partial charge in [0.05, 0.1) is 9.90 Å². The Morgan fingerprint density at radius 1 is 1.29 bits per heavy atom. The van der Waals surface area contributed by atoms with Gasteiger partial charge in [-0.25, -0.2) is 4.98 Å². The molecule has 90 valence electrons. The van der Waals surface area contributed by atoms with Gasteiger partial charge in [-0.2, -0.15) is 13.2 Å². The molecule has 0 spiro atoms. The van der Waals surface area contributed by atoms with Crippen LogP contribution in [0, 0.1) is 0 Å². The van der Waals surface area contributed by atoms with Gasteiger partial charge in [-0.05, 0) is 23.8 Å². The normalized spacial score (nSPS) is 11.8. The molecule has 0 aliphatic heterocycles. The SMILES string of the molecule is Oc1ccc(-c2cnc(C(F)(F)F)s2)cc1Cl. The Morgan fingerprint density at radius 3 is 2.53 bits per heavy atom. The van der Waals surface area contributed by atoms with Crippen molar-refractivity contribution in [2.75, 3.05) is 0 Å². The number of hydrogen-bond donors (Lipinski definition) is 1. The Labute approximate surface area is 103 Å². The summed E-state index contributed by atoms with van der Waals surface area (Å²) < 4.78 is 37.0. The Bertz CT molecular complexity index is 553. The third-order valence-corrected chi connectivity index (χ3v) is 3.37. The highest BCUT2D eigenvalue weighted by atomic mass is 35.5. The molecule has 1 aromatic carbocycles. The van der Waals surface area contributed by atoms with Crippen molar-refractivity contribution >= 4 is 22.9 Å². The second-order valence-electron chi connectivity index (χ2n) is 3.19. The van der Waals surface area contributed by atoms with Crippen molar-refractivity contribution in [2.45, 2.75) is 6.18 Å². The third kappa shape index (κ3) is 2.53. The molecular formula is C10H5ClF3NOS. The lowest BCUT2D eigenvalue weighted by molar-refractivity contribution is -0.137. The molecule has 2 aromatic rings. The van der Waals surface area contributed by atoms with E-state index in [-0.39, 0.29) is 10.8 Å². The van der Waals surface area contributed by atoms with E-state index in [4.69, 9.17) is 11.6 Å². The molecule has 0 fully saturated rings. The van der Waals surface area contributed by atoms with Gasteiger partial charge in [0.15, 0.2) is 5.01 Å². The molecule has 0 amide bonds. The number of alkyl halides is 3. The summed E-state index contributed by atoms with van der Waals surface area (Å²) in [5, 5.41) is 8.38. The second-order valence-corrected chi connectivity index (χ2v) is 4.63. The average molecular weight is 280 g/mol. The highest BCUT2D eigenvalue weighted by molar-refractivity contribution is 7.15. The number of phenols is 1. The Morgan fingerprint density at radius 2 is 2.00 bits per heavy atom. The van der Waals surface area contributed by atoms with Crippen molar-refractivity contribution in [1.29, 1.82) is 0 Å². The van der Waals surface area contributed by atoms with Crippen molar-refractivity contribution in [3.8, 4) is 16.2 Å². The Balaban J connectivity index is 2.40. The number of thiazole rings is 1. The maximum absolute atomic E-state index is 12.3. The Hall–Kier alpha value is -1.27. The molecule has 0 saturated carbocycles. The lowest BCUT2D eigenvalue weighted by Gasteiger charge is -2.01. The number of nitrogens with zero attached hydrogens (tertiary/aromatic N) is 1. The number of aromatic nitrogens is 1. The molecule has 0 aliphatic rings. The van der Waals surface area contributed by atoms with Crippen molar-refractivity contribution in [3.05, 3.63) is 34.4 Å². The predicted octanol–water partition coefficient (Wildman–Crippen LogP) is 4.19. The van der Waals surface area contributed by atoms with E-state index >= 15 is 0 Å². The summed E-state index contributed by atoms with van der Waals surface area (Å²) in [6, 6.07) is 4.20. The smallest absolute Gasteiger partial charge is 0.443 e. The van der Waals surface area contributed by atoms with E-state index in [0.29, 0.717) is 21.8 Å². The number of aromatic hydroxyl groups is 1. The molecular weight excluding hydrogens is 275 g/mol. The van der Waals surface area contributed by atoms with Crippen LogP contribution in [0.15, 0.2) is 24.4 Å². The first kappa shape index (κ1) is 12.2. The standard InChI is InChI=1S/C10H5ClF3NOS/c11-6-3-5(1-2-7(6)16)8-4-15-9(17-8)10(12,13)14/h1-4,16H. The number of hydrogen-bond acceptors (Lipinski definition) is 3. The summed E-state index contributed by atoms with van der Waals surface area (Å²) in [6.07, 6.45) is -3.31. The van der Waals surface area contributed by atoms with E-state index in [1.54, 1.807) is 0 Å². The highest BCUT2D eigenvalue weighted by Gasteiger charge is 2.34. The largest absolute Gasteiger partial charge is 0.506 e. The number of phenolic OH excluding ortho intramolecular Hbond substituents is 1. The quantitative estimate of drug-likeness (QED) is 0.849. The van der Waals surface area contributed by atoms with Crippen molar-refractivity contribution in [2.24, 2.45) is 0 Å². The molecule has 2 rings (SSSR count). The van der Waals surface area contributed by atoms with Crippen LogP contribution in [0.1, 0.15) is 5.01 Å². The number of benzene rings is 1. The molecule has 7 heteroatoms. The fourth-order valence-electron chi connectivity index (χ4n) is 1.20. The lowest BCUT2D eigenvalue weighted by Crippen LogP contribution is -2.02. The number of rotatable bonds is 1. The van der Waals surface area contributed by atoms with Gasteiger partial charge in [-0.3, -0.25) is 0 Å². The zero-order valence-corrected chi connectivity index (χ0v) is 9.70. The minimum absolute atomic E-state index is 0.0875. The molecule has 2 nitrogen and oxygen atoms in total. The predicted molar refractivity (Wildman–Crippen MR) is 59.2 cm³/mol. The van der Waals surface area contributed by atoms with E-state index < -0.39 is 11.2 Å².